The number of ether oxygens (including phenoxy) is 2. The summed E-state index contributed by atoms with van der Waals surface area (Å²) in [4.78, 5) is 17.1. The Morgan fingerprint density at radius 3 is 3.12 bits per heavy atom. The third-order valence-electron chi connectivity index (χ3n) is 3.92. The lowest BCUT2D eigenvalue weighted by atomic mass is 10.1. The fraction of sp³-hybridized carbons (Fsp3) is 0.316. The Kier molecular flexibility index (Phi) is 2.52. The van der Waals surface area contributed by atoms with Crippen LogP contribution >= 0.6 is 0 Å². The summed E-state index contributed by atoms with van der Waals surface area (Å²) in [6.07, 6.45) is -1.93. The highest BCUT2D eigenvalue weighted by Gasteiger charge is 2.36. The lowest BCUT2D eigenvalue weighted by Gasteiger charge is -2.19. The maximum atomic E-state index is 13.0. The van der Waals surface area contributed by atoms with Crippen molar-refractivity contribution in [3.8, 4) is 11.5 Å². The monoisotopic (exact) mass is 344 g/mol. The van der Waals surface area contributed by atoms with Crippen molar-refractivity contribution in [1.82, 2.24) is 5.32 Å². The highest BCUT2D eigenvalue weighted by atomic mass is 16.6. The summed E-state index contributed by atoms with van der Waals surface area (Å²) in [5.74, 6) is 0.628. The summed E-state index contributed by atoms with van der Waals surface area (Å²) in [6.45, 7) is -0.147. The number of carbonyl (C=O) groups excluding carboxylic acids is 1. The van der Waals surface area contributed by atoms with Gasteiger partial charge < -0.3 is 14.8 Å². The third kappa shape index (κ3) is 2.95. The summed E-state index contributed by atoms with van der Waals surface area (Å²) in [7, 11) is 0. The third-order valence-corrected chi connectivity index (χ3v) is 3.92. The van der Waals surface area contributed by atoms with Crippen LogP contribution in [0.3, 0.4) is 0 Å². The van der Waals surface area contributed by atoms with Gasteiger partial charge in [-0.15, -0.1) is 0 Å². The molecule has 1 amide bonds. The smallest absolute Gasteiger partial charge is 0.308 e. The van der Waals surface area contributed by atoms with Gasteiger partial charge >= 0.3 is 5.84 Å². The number of allylic oxidation sites excluding steroid dienone is 2. The van der Waals surface area contributed by atoms with E-state index in [1.165, 1.54) is 0 Å². The summed E-state index contributed by atoms with van der Waals surface area (Å²) in [5.41, 5.74) is 0.428. The van der Waals surface area contributed by atoms with E-state index in [0.717, 1.165) is 10.1 Å². The first-order valence-electron chi connectivity index (χ1n) is 10.9. The predicted molar refractivity (Wildman–Crippen MR) is 94.1 cm³/mol. The molecule has 3 aliphatic heterocycles. The maximum absolute atomic E-state index is 13.0. The standard InChI is InChI=1S/C19H19N3O3/c1-12-3-6-17-21-13(2)18(22(17)11-12)19(23)20-10-14-4-5-15-16(9-14)25-8-7-24-15/h3-5,9,11H,6-8,10H2,1-2H3/p+1/i1D3,3D,6D,11D. The zero-order chi connectivity index (χ0) is 22.5. The van der Waals surface area contributed by atoms with Crippen molar-refractivity contribution >= 4 is 17.9 Å². The average Bonchev–Trinajstić information content (AvgIpc) is 3.07. The molecule has 1 aromatic carbocycles. The molecule has 0 radical (unpaired) electrons. The van der Waals surface area contributed by atoms with Gasteiger partial charge in [-0.25, -0.2) is 0 Å². The summed E-state index contributed by atoms with van der Waals surface area (Å²) >= 11 is 0. The molecule has 0 aromatic heterocycles. The first-order chi connectivity index (χ1) is 14.6. The van der Waals surface area contributed by atoms with Gasteiger partial charge in [-0.3, -0.25) is 4.79 Å². The Balaban J connectivity index is 1.60. The largest absolute Gasteiger partial charge is 0.486 e. The van der Waals surface area contributed by atoms with E-state index in [1.807, 2.05) is 0 Å². The quantitative estimate of drug-likeness (QED) is 0.855. The van der Waals surface area contributed by atoms with E-state index in [1.54, 1.807) is 25.1 Å². The van der Waals surface area contributed by atoms with E-state index in [0.29, 0.717) is 24.7 Å². The first-order valence-corrected chi connectivity index (χ1v) is 7.83. The van der Waals surface area contributed by atoms with Gasteiger partial charge in [-0.1, -0.05) is 12.1 Å². The zero-order valence-electron chi connectivity index (χ0n) is 19.5. The van der Waals surface area contributed by atoms with Crippen molar-refractivity contribution < 1.29 is 27.1 Å². The van der Waals surface area contributed by atoms with Crippen molar-refractivity contribution in [2.75, 3.05) is 13.2 Å². The molecule has 25 heavy (non-hydrogen) atoms. The van der Waals surface area contributed by atoms with Crippen molar-refractivity contribution in [1.29, 1.82) is 0 Å². The minimum atomic E-state index is -2.76. The normalized spacial score (nSPS) is 26.0. The van der Waals surface area contributed by atoms with Crippen LogP contribution in [0.15, 0.2) is 46.2 Å². The van der Waals surface area contributed by atoms with E-state index in [4.69, 9.17) is 17.7 Å². The van der Waals surface area contributed by atoms with Crippen LogP contribution in [0.4, 0.5) is 0 Å². The lowest BCUT2D eigenvalue weighted by molar-refractivity contribution is -0.337. The van der Waals surface area contributed by atoms with Gasteiger partial charge in [0.1, 0.15) is 14.6 Å². The number of amides is 1. The second kappa shape index (κ2) is 6.20. The molecule has 0 saturated heterocycles. The van der Waals surface area contributed by atoms with E-state index in [2.05, 4.69) is 10.3 Å². The zero-order valence-corrected chi connectivity index (χ0v) is 13.5. The highest BCUT2D eigenvalue weighted by Crippen LogP contribution is 2.30. The number of amidine groups is 1. The van der Waals surface area contributed by atoms with Gasteiger partial charge in [0.2, 0.25) is 11.4 Å². The molecule has 128 valence electrons. The Hall–Kier alpha value is -2.89. The second-order valence-corrected chi connectivity index (χ2v) is 5.68. The molecule has 1 atom stereocenters. The lowest BCUT2D eigenvalue weighted by Crippen LogP contribution is -2.32. The molecule has 4 rings (SSSR count). The van der Waals surface area contributed by atoms with Crippen LogP contribution in [0.5, 0.6) is 11.5 Å². The number of carbonyl (C=O) groups is 1. The Morgan fingerprint density at radius 1 is 1.44 bits per heavy atom. The van der Waals surface area contributed by atoms with Crippen molar-refractivity contribution in [3.63, 3.8) is 0 Å². The number of nitrogens with zero attached hydrogens (tertiary/aromatic N) is 2. The molecule has 1 aromatic rings. The minimum Gasteiger partial charge on any atom is -0.486 e. The number of nitrogens with one attached hydrogen (secondary N) is 1. The molecule has 0 saturated carbocycles. The van der Waals surface area contributed by atoms with E-state index < -0.39 is 37.0 Å². The van der Waals surface area contributed by atoms with Crippen LogP contribution in [-0.4, -0.2) is 35.7 Å². The molecule has 1 N–H and O–H groups in total. The first kappa shape index (κ1) is 10.2. The number of rotatable bonds is 3. The molecule has 0 aliphatic carbocycles. The average molecular weight is 344 g/mol. The van der Waals surface area contributed by atoms with Crippen molar-refractivity contribution in [2.45, 2.75) is 26.7 Å². The van der Waals surface area contributed by atoms with Crippen LogP contribution in [0.25, 0.3) is 0 Å². The van der Waals surface area contributed by atoms with E-state index in [9.17, 15) is 4.79 Å². The molecular formula is C19H20N3O3+. The summed E-state index contributed by atoms with van der Waals surface area (Å²) in [5, 5.41) is 2.74. The molecule has 6 heteroatoms. The SMILES string of the molecule is [2H]C1=C(C([2H])([2H])[2H])C([2H])=[N+]2C(=NC(C)=C2C(=O)NCc2ccc3c(c2)OCCO3)C1[2H]. The van der Waals surface area contributed by atoms with Crippen LogP contribution in [0, 0.1) is 0 Å². The Bertz CT molecular complexity index is 1100. The highest BCUT2D eigenvalue weighted by molar-refractivity contribution is 6.00. The number of hydrogen-bond acceptors (Lipinski definition) is 4. The van der Waals surface area contributed by atoms with Crippen LogP contribution < -0.4 is 14.8 Å². The molecule has 0 bridgehead atoms. The second-order valence-electron chi connectivity index (χ2n) is 5.68. The van der Waals surface area contributed by atoms with E-state index in [-0.39, 0.29) is 23.8 Å². The molecule has 6 nitrogen and oxygen atoms in total. The molecule has 0 spiro atoms. The number of aliphatic imine (C=N–C) groups is 1. The summed E-state index contributed by atoms with van der Waals surface area (Å²) in [6, 6.07) is 4.80. The van der Waals surface area contributed by atoms with Gasteiger partial charge in [0.15, 0.2) is 11.5 Å². The maximum Gasteiger partial charge on any atom is 0.308 e. The minimum absolute atomic E-state index is 0.0232. The predicted octanol–water partition coefficient (Wildman–Crippen LogP) is 2.15. The van der Waals surface area contributed by atoms with Crippen molar-refractivity contribution in [2.24, 2.45) is 4.99 Å². The fourth-order valence-electron chi connectivity index (χ4n) is 2.77. The molecule has 3 aliphatic rings. The Morgan fingerprint density at radius 2 is 2.28 bits per heavy atom. The molecular weight excluding hydrogens is 318 g/mol. The fourth-order valence-corrected chi connectivity index (χ4v) is 2.77. The molecule has 1 unspecified atom stereocenters. The number of fused-ring (bicyclic) bond motifs is 2. The Labute approximate surface area is 154 Å². The van der Waals surface area contributed by atoms with Gasteiger partial charge in [0.25, 0.3) is 5.91 Å². The summed E-state index contributed by atoms with van der Waals surface area (Å²) < 4.78 is 59.6. The van der Waals surface area contributed by atoms with Gasteiger partial charge in [0, 0.05) is 19.0 Å². The molecule has 0 fully saturated rings. The molecule has 3 heterocycles. The van der Waals surface area contributed by atoms with Crippen LogP contribution in [-0.2, 0) is 11.3 Å². The van der Waals surface area contributed by atoms with Gasteiger partial charge in [-0.2, -0.15) is 4.58 Å². The van der Waals surface area contributed by atoms with Crippen molar-refractivity contribution in [3.05, 3.63) is 46.8 Å². The van der Waals surface area contributed by atoms with Crippen LogP contribution in [0.2, 0.25) is 0 Å². The topological polar surface area (TPSA) is 62.9 Å². The van der Waals surface area contributed by atoms with Crippen LogP contribution in [0.1, 0.15) is 34.0 Å². The van der Waals surface area contributed by atoms with E-state index >= 15 is 0 Å². The van der Waals surface area contributed by atoms with Gasteiger partial charge in [0.05, 0.1) is 14.0 Å². The number of hydrogen-bond donors (Lipinski definition) is 1. The number of benzene rings is 1. The van der Waals surface area contributed by atoms with Gasteiger partial charge in [-0.05, 0) is 35.1 Å².